The average molecular weight is 269 g/mol. The Kier molecular flexibility index (Phi) is 4.77. The third-order valence-corrected chi connectivity index (χ3v) is 3.14. The molecule has 0 heterocycles. The van der Waals surface area contributed by atoms with Crippen molar-refractivity contribution in [3.8, 4) is 5.75 Å². The molecule has 0 aliphatic carbocycles. The molecular formula is C17H19NO2. The van der Waals surface area contributed by atoms with E-state index in [1.165, 1.54) is 5.56 Å². The van der Waals surface area contributed by atoms with Gasteiger partial charge in [0.1, 0.15) is 5.75 Å². The van der Waals surface area contributed by atoms with E-state index >= 15 is 0 Å². The minimum absolute atomic E-state index is 0.114. The van der Waals surface area contributed by atoms with Crippen LogP contribution in [0.5, 0.6) is 5.75 Å². The van der Waals surface area contributed by atoms with E-state index in [1.807, 2.05) is 61.5 Å². The van der Waals surface area contributed by atoms with Crippen LogP contribution in [0.4, 0.5) is 0 Å². The lowest BCUT2D eigenvalue weighted by Gasteiger charge is -2.15. The molecule has 0 aliphatic rings. The van der Waals surface area contributed by atoms with Crippen LogP contribution in [0.3, 0.4) is 0 Å². The van der Waals surface area contributed by atoms with Crippen molar-refractivity contribution in [3.63, 3.8) is 0 Å². The minimum atomic E-state index is -0.513. The van der Waals surface area contributed by atoms with Crippen molar-refractivity contribution in [2.24, 2.45) is 0 Å². The van der Waals surface area contributed by atoms with E-state index in [4.69, 9.17) is 4.74 Å². The van der Waals surface area contributed by atoms with E-state index < -0.39 is 6.10 Å². The summed E-state index contributed by atoms with van der Waals surface area (Å²) in [6, 6.07) is 17.4. The molecule has 0 unspecified atom stereocenters. The number of carbonyl (C=O) groups is 1. The molecule has 2 rings (SSSR count). The summed E-state index contributed by atoms with van der Waals surface area (Å²) in [5, 5.41) is 2.90. The highest BCUT2D eigenvalue weighted by Crippen LogP contribution is 2.11. The molecule has 20 heavy (non-hydrogen) atoms. The third-order valence-electron chi connectivity index (χ3n) is 3.14. The summed E-state index contributed by atoms with van der Waals surface area (Å²) in [5.41, 5.74) is 2.29. The maximum absolute atomic E-state index is 12.0. The number of rotatable bonds is 5. The van der Waals surface area contributed by atoms with Gasteiger partial charge in [0.25, 0.3) is 5.91 Å². The van der Waals surface area contributed by atoms with Crippen molar-refractivity contribution in [1.29, 1.82) is 0 Å². The molecule has 104 valence electrons. The zero-order valence-electron chi connectivity index (χ0n) is 11.8. The van der Waals surface area contributed by atoms with E-state index in [9.17, 15) is 4.79 Å². The van der Waals surface area contributed by atoms with Crippen molar-refractivity contribution in [3.05, 3.63) is 65.7 Å². The van der Waals surface area contributed by atoms with Gasteiger partial charge in [-0.3, -0.25) is 4.79 Å². The fourth-order valence-corrected chi connectivity index (χ4v) is 1.89. The smallest absolute Gasteiger partial charge is 0.261 e. The molecule has 0 aromatic heterocycles. The molecule has 2 aromatic rings. The SMILES string of the molecule is Cc1ccccc1CNC(=O)[C@@H](C)Oc1ccccc1. The lowest BCUT2D eigenvalue weighted by atomic mass is 10.1. The molecule has 1 atom stereocenters. The number of ether oxygens (including phenoxy) is 1. The second kappa shape index (κ2) is 6.75. The van der Waals surface area contributed by atoms with Crippen LogP contribution in [0.2, 0.25) is 0 Å². The molecule has 2 aromatic carbocycles. The molecule has 0 spiro atoms. The number of carbonyl (C=O) groups excluding carboxylic acids is 1. The summed E-state index contributed by atoms with van der Waals surface area (Å²) in [7, 11) is 0. The largest absolute Gasteiger partial charge is 0.481 e. The quantitative estimate of drug-likeness (QED) is 0.906. The zero-order valence-corrected chi connectivity index (χ0v) is 11.8. The topological polar surface area (TPSA) is 38.3 Å². The van der Waals surface area contributed by atoms with Crippen molar-refractivity contribution < 1.29 is 9.53 Å². The number of nitrogens with one attached hydrogen (secondary N) is 1. The number of benzene rings is 2. The van der Waals surface area contributed by atoms with Gasteiger partial charge < -0.3 is 10.1 Å². The lowest BCUT2D eigenvalue weighted by Crippen LogP contribution is -2.36. The second-order valence-corrected chi connectivity index (χ2v) is 4.72. The van der Waals surface area contributed by atoms with Crippen LogP contribution in [0, 0.1) is 6.92 Å². The minimum Gasteiger partial charge on any atom is -0.481 e. The zero-order chi connectivity index (χ0) is 14.4. The molecule has 0 saturated carbocycles. The fraction of sp³-hybridized carbons (Fsp3) is 0.235. The normalized spacial score (nSPS) is 11.7. The van der Waals surface area contributed by atoms with Gasteiger partial charge in [-0.15, -0.1) is 0 Å². The van der Waals surface area contributed by atoms with Crippen LogP contribution in [0.1, 0.15) is 18.1 Å². The highest BCUT2D eigenvalue weighted by atomic mass is 16.5. The first-order valence-corrected chi connectivity index (χ1v) is 6.71. The molecule has 0 aliphatic heterocycles. The van der Waals surface area contributed by atoms with Gasteiger partial charge in [-0.1, -0.05) is 42.5 Å². The molecule has 0 saturated heterocycles. The van der Waals surface area contributed by atoms with Gasteiger partial charge in [0.15, 0.2) is 6.10 Å². The van der Waals surface area contributed by atoms with Gasteiger partial charge in [-0.05, 0) is 37.1 Å². The van der Waals surface area contributed by atoms with Gasteiger partial charge in [0.05, 0.1) is 0 Å². The van der Waals surface area contributed by atoms with Gasteiger partial charge >= 0.3 is 0 Å². The van der Waals surface area contributed by atoms with Crippen molar-refractivity contribution in [2.75, 3.05) is 0 Å². The number of aryl methyl sites for hydroxylation is 1. The Balaban J connectivity index is 1.87. The van der Waals surface area contributed by atoms with Gasteiger partial charge in [0.2, 0.25) is 0 Å². The molecule has 3 nitrogen and oxygen atoms in total. The van der Waals surface area contributed by atoms with Crippen LogP contribution in [0.15, 0.2) is 54.6 Å². The van der Waals surface area contributed by atoms with Crippen molar-refractivity contribution in [1.82, 2.24) is 5.32 Å². The van der Waals surface area contributed by atoms with Crippen LogP contribution < -0.4 is 10.1 Å². The maximum atomic E-state index is 12.0. The van der Waals surface area contributed by atoms with E-state index in [-0.39, 0.29) is 5.91 Å². The van der Waals surface area contributed by atoms with Crippen molar-refractivity contribution >= 4 is 5.91 Å². The Hall–Kier alpha value is -2.29. The molecule has 1 amide bonds. The summed E-state index contributed by atoms with van der Waals surface area (Å²) in [6.07, 6.45) is -0.513. The Labute approximate surface area is 119 Å². The first kappa shape index (κ1) is 14.1. The Morgan fingerprint density at radius 3 is 2.45 bits per heavy atom. The van der Waals surface area contributed by atoms with E-state index in [0.717, 1.165) is 5.56 Å². The van der Waals surface area contributed by atoms with Crippen molar-refractivity contribution in [2.45, 2.75) is 26.5 Å². The van der Waals surface area contributed by atoms with E-state index in [1.54, 1.807) is 6.92 Å². The molecule has 3 heteroatoms. The number of para-hydroxylation sites is 1. The second-order valence-electron chi connectivity index (χ2n) is 4.72. The summed E-state index contributed by atoms with van der Waals surface area (Å²) in [5.74, 6) is 0.586. The Bertz CT molecular complexity index is 566. The van der Waals surface area contributed by atoms with E-state index in [2.05, 4.69) is 5.32 Å². The summed E-state index contributed by atoms with van der Waals surface area (Å²) >= 11 is 0. The van der Waals surface area contributed by atoms with Crippen LogP contribution >= 0.6 is 0 Å². The summed E-state index contributed by atoms with van der Waals surface area (Å²) in [4.78, 5) is 12.0. The molecule has 1 N–H and O–H groups in total. The first-order valence-electron chi connectivity index (χ1n) is 6.71. The Morgan fingerprint density at radius 2 is 1.75 bits per heavy atom. The number of amides is 1. The molecular weight excluding hydrogens is 250 g/mol. The van der Waals surface area contributed by atoms with Crippen LogP contribution in [0.25, 0.3) is 0 Å². The maximum Gasteiger partial charge on any atom is 0.261 e. The average Bonchev–Trinajstić information content (AvgIpc) is 2.47. The fourth-order valence-electron chi connectivity index (χ4n) is 1.89. The molecule has 0 radical (unpaired) electrons. The predicted octanol–water partition coefficient (Wildman–Crippen LogP) is 3.08. The first-order chi connectivity index (χ1) is 9.66. The van der Waals surface area contributed by atoms with Crippen LogP contribution in [-0.4, -0.2) is 12.0 Å². The lowest BCUT2D eigenvalue weighted by molar-refractivity contribution is -0.127. The van der Waals surface area contributed by atoms with Gasteiger partial charge in [0, 0.05) is 6.54 Å². The molecule has 0 fully saturated rings. The monoisotopic (exact) mass is 269 g/mol. The van der Waals surface area contributed by atoms with E-state index in [0.29, 0.717) is 12.3 Å². The Morgan fingerprint density at radius 1 is 1.10 bits per heavy atom. The highest BCUT2D eigenvalue weighted by Gasteiger charge is 2.14. The number of hydrogen-bond donors (Lipinski definition) is 1. The highest BCUT2D eigenvalue weighted by molar-refractivity contribution is 5.80. The molecule has 0 bridgehead atoms. The summed E-state index contributed by atoms with van der Waals surface area (Å²) in [6.45, 7) is 4.31. The standard InChI is InChI=1S/C17H19NO2/c1-13-8-6-7-9-15(13)12-18-17(19)14(2)20-16-10-4-3-5-11-16/h3-11,14H,12H2,1-2H3,(H,18,19)/t14-/m1/s1. The van der Waals surface area contributed by atoms with Gasteiger partial charge in [-0.2, -0.15) is 0 Å². The summed E-state index contributed by atoms with van der Waals surface area (Å²) < 4.78 is 5.58. The predicted molar refractivity (Wildman–Crippen MR) is 79.6 cm³/mol. The van der Waals surface area contributed by atoms with Gasteiger partial charge in [-0.25, -0.2) is 0 Å². The third kappa shape index (κ3) is 3.85. The number of hydrogen-bond acceptors (Lipinski definition) is 2. The van der Waals surface area contributed by atoms with Crippen LogP contribution in [-0.2, 0) is 11.3 Å².